The lowest BCUT2D eigenvalue weighted by Crippen LogP contribution is -2.18. The van der Waals surface area contributed by atoms with Gasteiger partial charge in [-0.1, -0.05) is 53.4 Å². The average Bonchev–Trinajstić information content (AvgIpc) is 3.90. The van der Waals surface area contributed by atoms with Gasteiger partial charge in [-0.3, -0.25) is 9.59 Å². The van der Waals surface area contributed by atoms with Gasteiger partial charge in [0.1, 0.15) is 10.0 Å². The van der Waals surface area contributed by atoms with Crippen molar-refractivity contribution < 1.29 is 9.59 Å². The summed E-state index contributed by atoms with van der Waals surface area (Å²) >= 11 is 2.93. The summed E-state index contributed by atoms with van der Waals surface area (Å²) in [5.74, 6) is 0.351. The minimum atomic E-state index is -0.0782. The van der Waals surface area contributed by atoms with Crippen LogP contribution in [-0.2, 0) is 22.4 Å². The van der Waals surface area contributed by atoms with Crippen molar-refractivity contribution in [2.45, 2.75) is 76.0 Å². The summed E-state index contributed by atoms with van der Waals surface area (Å²) in [5.41, 5.74) is 4.38. The Morgan fingerprint density at radius 1 is 0.652 bits per heavy atom. The minimum Gasteiger partial charge on any atom is -0.372 e. The molecule has 2 unspecified atom stereocenters. The SMILES string of the molecule is O=C(Cc1cccc(N2CCCC2)c1)Nc1nnc(C2CCCC(c3nnc(NC(=O)Cc4cccc(N5CCCC5)c4)s3)C2)s1. The molecule has 7 rings (SSSR count). The number of amides is 2. The molecule has 2 aromatic carbocycles. The number of hydrogen-bond acceptors (Lipinski definition) is 10. The average molecular weight is 657 g/mol. The fourth-order valence-corrected chi connectivity index (χ4v) is 8.73. The predicted molar refractivity (Wildman–Crippen MR) is 184 cm³/mol. The Morgan fingerprint density at radius 3 is 1.57 bits per heavy atom. The van der Waals surface area contributed by atoms with E-state index in [0.717, 1.165) is 73.0 Å². The summed E-state index contributed by atoms with van der Waals surface area (Å²) in [7, 11) is 0. The zero-order valence-electron chi connectivity index (χ0n) is 26.0. The van der Waals surface area contributed by atoms with Gasteiger partial charge in [0.15, 0.2) is 0 Å². The Bertz CT molecular complexity index is 1540. The quantitative estimate of drug-likeness (QED) is 0.202. The third-order valence-corrected chi connectivity index (χ3v) is 11.2. The fourth-order valence-electron chi connectivity index (χ4n) is 6.91. The van der Waals surface area contributed by atoms with Crippen LogP contribution in [0.25, 0.3) is 0 Å². The van der Waals surface area contributed by atoms with Crippen LogP contribution in [0.3, 0.4) is 0 Å². The van der Waals surface area contributed by atoms with Crippen LogP contribution in [0.1, 0.15) is 84.3 Å². The highest BCUT2D eigenvalue weighted by Gasteiger charge is 2.29. The molecule has 0 bridgehead atoms. The monoisotopic (exact) mass is 656 g/mol. The highest BCUT2D eigenvalue weighted by Crippen LogP contribution is 2.43. The van der Waals surface area contributed by atoms with E-state index in [1.165, 1.54) is 59.7 Å². The van der Waals surface area contributed by atoms with E-state index in [-0.39, 0.29) is 23.7 Å². The fraction of sp³-hybridized carbons (Fsp3) is 0.471. The van der Waals surface area contributed by atoms with Gasteiger partial charge in [0, 0.05) is 49.4 Å². The summed E-state index contributed by atoms with van der Waals surface area (Å²) in [4.78, 5) is 30.5. The van der Waals surface area contributed by atoms with Gasteiger partial charge in [0.05, 0.1) is 12.8 Å². The molecule has 3 aliphatic rings. The number of anilines is 4. The second kappa shape index (κ2) is 14.3. The van der Waals surface area contributed by atoms with Crippen molar-refractivity contribution >= 4 is 56.1 Å². The smallest absolute Gasteiger partial charge is 0.230 e. The lowest BCUT2D eigenvalue weighted by molar-refractivity contribution is -0.116. The predicted octanol–water partition coefficient (Wildman–Crippen LogP) is 6.39. The van der Waals surface area contributed by atoms with E-state index in [1.54, 1.807) is 0 Å². The molecule has 2 atom stereocenters. The molecule has 0 radical (unpaired) electrons. The van der Waals surface area contributed by atoms with Gasteiger partial charge in [-0.2, -0.15) is 0 Å². The van der Waals surface area contributed by atoms with Crippen LogP contribution in [0.2, 0.25) is 0 Å². The van der Waals surface area contributed by atoms with Gasteiger partial charge in [-0.15, -0.1) is 20.4 Å². The Labute approximate surface area is 277 Å². The maximum Gasteiger partial charge on any atom is 0.230 e. The molecule has 0 spiro atoms. The molecule has 4 heterocycles. The van der Waals surface area contributed by atoms with Crippen LogP contribution >= 0.6 is 22.7 Å². The van der Waals surface area contributed by atoms with Gasteiger partial charge >= 0.3 is 0 Å². The highest BCUT2D eigenvalue weighted by molar-refractivity contribution is 7.15. The largest absolute Gasteiger partial charge is 0.372 e. The molecule has 2 N–H and O–H groups in total. The first-order chi connectivity index (χ1) is 22.6. The van der Waals surface area contributed by atoms with Crippen LogP contribution in [0, 0.1) is 0 Å². The van der Waals surface area contributed by atoms with Crippen LogP contribution in [0.15, 0.2) is 48.5 Å². The van der Waals surface area contributed by atoms with Gasteiger partial charge < -0.3 is 20.4 Å². The van der Waals surface area contributed by atoms with Crippen molar-refractivity contribution in [3.05, 3.63) is 69.7 Å². The molecule has 46 heavy (non-hydrogen) atoms. The van der Waals surface area contributed by atoms with Crippen molar-refractivity contribution in [2.24, 2.45) is 0 Å². The molecule has 12 heteroatoms. The molecule has 4 aromatic rings. The Hall–Kier alpha value is -3.90. The number of hydrogen-bond donors (Lipinski definition) is 2. The Balaban J connectivity index is 0.910. The normalized spacial score (nSPS) is 19.8. The van der Waals surface area contributed by atoms with Gasteiger partial charge in [0.2, 0.25) is 22.1 Å². The molecule has 240 valence electrons. The lowest BCUT2D eigenvalue weighted by atomic mass is 9.82. The van der Waals surface area contributed by atoms with E-state index in [4.69, 9.17) is 0 Å². The third-order valence-electron chi connectivity index (χ3n) is 9.24. The van der Waals surface area contributed by atoms with Gasteiger partial charge in [-0.05, 0) is 80.3 Å². The first kappa shape index (κ1) is 30.7. The molecular weight excluding hydrogens is 617 g/mol. The van der Waals surface area contributed by atoms with Crippen LogP contribution in [-0.4, -0.2) is 58.4 Å². The van der Waals surface area contributed by atoms with Gasteiger partial charge in [-0.25, -0.2) is 0 Å². The molecule has 2 amide bonds. The first-order valence-electron chi connectivity index (χ1n) is 16.5. The number of nitrogens with one attached hydrogen (secondary N) is 2. The number of aromatic nitrogens is 4. The van der Waals surface area contributed by atoms with E-state index in [2.05, 4.69) is 65.1 Å². The van der Waals surface area contributed by atoms with E-state index in [0.29, 0.717) is 23.1 Å². The van der Waals surface area contributed by atoms with Crippen LogP contribution < -0.4 is 20.4 Å². The van der Waals surface area contributed by atoms with Crippen LogP contribution in [0.5, 0.6) is 0 Å². The molecule has 1 aliphatic carbocycles. The molecular formula is C34H40N8O2S2. The number of carbonyl (C=O) groups is 2. The standard InChI is InChI=1S/C34H40N8O2S2/c43-29(20-23-8-5-12-27(18-23)41-14-1-2-15-41)35-33-39-37-31(45-33)25-10-7-11-26(22-25)32-38-40-34(46-32)36-30(44)21-24-9-6-13-28(19-24)42-16-3-4-17-42/h5-6,8-9,12-13,18-19,25-26H,1-4,7,10-11,14-17,20-22H2,(H,35,39,43)(H,36,40,44). The second-order valence-corrected chi connectivity index (χ2v) is 14.6. The van der Waals surface area contributed by atoms with Gasteiger partial charge in [0.25, 0.3) is 0 Å². The summed E-state index contributed by atoms with van der Waals surface area (Å²) in [6.45, 7) is 4.32. The first-order valence-corrected chi connectivity index (χ1v) is 18.1. The lowest BCUT2D eigenvalue weighted by Gasteiger charge is -2.25. The molecule has 2 aromatic heterocycles. The van der Waals surface area contributed by atoms with E-state index in [9.17, 15) is 9.59 Å². The number of rotatable bonds is 10. The highest BCUT2D eigenvalue weighted by atomic mass is 32.1. The topological polar surface area (TPSA) is 116 Å². The summed E-state index contributed by atoms with van der Waals surface area (Å²) in [5, 5.41) is 26.5. The van der Waals surface area contributed by atoms with Crippen LogP contribution in [0.4, 0.5) is 21.6 Å². The van der Waals surface area contributed by atoms with Crippen molar-refractivity contribution in [1.29, 1.82) is 0 Å². The summed E-state index contributed by atoms with van der Waals surface area (Å²) in [6, 6.07) is 16.6. The minimum absolute atomic E-state index is 0.0782. The maximum absolute atomic E-state index is 12.9. The maximum atomic E-state index is 12.9. The zero-order valence-corrected chi connectivity index (χ0v) is 27.6. The molecule has 1 saturated carbocycles. The van der Waals surface area contributed by atoms with Crippen molar-refractivity contribution in [3.63, 3.8) is 0 Å². The number of nitrogens with zero attached hydrogens (tertiary/aromatic N) is 6. The third kappa shape index (κ3) is 7.55. The number of carbonyl (C=O) groups excluding carboxylic acids is 2. The van der Waals surface area contributed by atoms with E-state index in [1.807, 2.05) is 24.3 Å². The second-order valence-electron chi connectivity index (χ2n) is 12.6. The van der Waals surface area contributed by atoms with Crippen molar-refractivity contribution in [3.8, 4) is 0 Å². The molecule has 3 fully saturated rings. The van der Waals surface area contributed by atoms with Crippen molar-refractivity contribution in [1.82, 2.24) is 20.4 Å². The summed E-state index contributed by atoms with van der Waals surface area (Å²) in [6.07, 6.45) is 9.52. The van der Waals surface area contributed by atoms with E-state index < -0.39 is 0 Å². The van der Waals surface area contributed by atoms with Crippen molar-refractivity contribution in [2.75, 3.05) is 46.6 Å². The molecule has 2 saturated heterocycles. The van der Waals surface area contributed by atoms with E-state index >= 15 is 0 Å². The molecule has 10 nitrogen and oxygen atoms in total. The zero-order chi connectivity index (χ0) is 31.3. The Morgan fingerprint density at radius 2 is 1.11 bits per heavy atom. The summed E-state index contributed by atoms with van der Waals surface area (Å²) < 4.78 is 0. The Kier molecular flexibility index (Phi) is 9.52. The molecule has 2 aliphatic heterocycles. The number of benzene rings is 2.